The van der Waals surface area contributed by atoms with Gasteiger partial charge in [-0.15, -0.1) is 0 Å². The molecule has 0 bridgehead atoms. The molecule has 3 aromatic rings. The van der Waals surface area contributed by atoms with E-state index in [0.29, 0.717) is 23.7 Å². The minimum Gasteiger partial charge on any atom is -0.488 e. The van der Waals surface area contributed by atoms with Crippen LogP contribution in [0.4, 0.5) is 14.5 Å². The lowest BCUT2D eigenvalue weighted by Crippen LogP contribution is -2.27. The Morgan fingerprint density at radius 1 is 1.07 bits per heavy atom. The number of ether oxygens (including phenoxy) is 1. The van der Waals surface area contributed by atoms with Gasteiger partial charge in [-0.25, -0.2) is 19.0 Å². The number of rotatable bonds is 8. The molecule has 0 fully saturated rings. The summed E-state index contributed by atoms with van der Waals surface area (Å²) in [6.45, 7) is -0.176. The second-order valence-electron chi connectivity index (χ2n) is 5.86. The highest BCUT2D eigenvalue weighted by Crippen LogP contribution is 2.17. The molecule has 28 heavy (non-hydrogen) atoms. The topological polar surface area (TPSA) is 88.2 Å². The molecule has 3 rings (SSSR count). The number of aromatic amines is 1. The molecule has 3 N–H and O–H groups in total. The number of aromatic nitrogens is 2. The average Bonchev–Trinajstić information content (AvgIpc) is 2.68. The standard InChI is InChI=1S/C19H18F2N4O3/c20-17(21)12-28-16-3-1-2-14(10-16)24-22-11-13-4-6-15(7-5-13)25-9-8-18(26)23-19(25)27/h1-10,17,22,24H,11-12H2,(H,23,26,27). The monoisotopic (exact) mass is 388 g/mol. The fraction of sp³-hybridized carbons (Fsp3) is 0.158. The number of halogens is 2. The Kier molecular flexibility index (Phi) is 6.18. The van der Waals surface area contributed by atoms with Gasteiger partial charge in [0, 0.05) is 24.9 Å². The molecule has 0 amide bonds. The van der Waals surface area contributed by atoms with Crippen LogP contribution in [0.15, 0.2) is 70.4 Å². The fourth-order valence-electron chi connectivity index (χ4n) is 2.47. The van der Waals surface area contributed by atoms with Gasteiger partial charge in [0.2, 0.25) is 0 Å². The van der Waals surface area contributed by atoms with Crippen molar-refractivity contribution in [3.05, 3.63) is 87.2 Å². The van der Waals surface area contributed by atoms with Gasteiger partial charge in [0.1, 0.15) is 12.4 Å². The quantitative estimate of drug-likeness (QED) is 0.516. The lowest BCUT2D eigenvalue weighted by molar-refractivity contribution is 0.0819. The molecule has 0 spiro atoms. The smallest absolute Gasteiger partial charge is 0.332 e. The van der Waals surface area contributed by atoms with Crippen molar-refractivity contribution in [1.29, 1.82) is 0 Å². The predicted octanol–water partition coefficient (Wildman–Crippen LogP) is 2.29. The van der Waals surface area contributed by atoms with Crippen molar-refractivity contribution in [3.8, 4) is 11.4 Å². The molecule has 9 heteroatoms. The summed E-state index contributed by atoms with van der Waals surface area (Å²) in [6, 6.07) is 15.2. The Labute approximate surface area is 158 Å². The highest BCUT2D eigenvalue weighted by Gasteiger charge is 2.04. The Bertz CT molecular complexity index is 1030. The molecular weight excluding hydrogens is 370 g/mol. The van der Waals surface area contributed by atoms with Crippen LogP contribution in [0.3, 0.4) is 0 Å². The van der Waals surface area contributed by atoms with Crippen molar-refractivity contribution >= 4 is 5.69 Å². The maximum absolute atomic E-state index is 12.2. The van der Waals surface area contributed by atoms with Gasteiger partial charge in [0.05, 0.1) is 11.4 Å². The van der Waals surface area contributed by atoms with Crippen LogP contribution in [-0.2, 0) is 6.54 Å². The summed E-state index contributed by atoms with van der Waals surface area (Å²) in [5, 5.41) is 0. The van der Waals surface area contributed by atoms with Gasteiger partial charge in [-0.1, -0.05) is 18.2 Å². The van der Waals surface area contributed by atoms with Gasteiger partial charge >= 0.3 is 5.69 Å². The maximum atomic E-state index is 12.2. The molecule has 7 nitrogen and oxygen atoms in total. The molecule has 2 aromatic carbocycles. The Morgan fingerprint density at radius 2 is 1.86 bits per heavy atom. The highest BCUT2D eigenvalue weighted by molar-refractivity contribution is 5.47. The first-order valence-electron chi connectivity index (χ1n) is 8.42. The van der Waals surface area contributed by atoms with Crippen LogP contribution in [0.2, 0.25) is 0 Å². The van der Waals surface area contributed by atoms with E-state index < -0.39 is 24.3 Å². The van der Waals surface area contributed by atoms with Gasteiger partial charge in [-0.3, -0.25) is 14.3 Å². The van der Waals surface area contributed by atoms with Crippen molar-refractivity contribution in [3.63, 3.8) is 0 Å². The van der Waals surface area contributed by atoms with E-state index in [0.717, 1.165) is 5.56 Å². The molecule has 146 valence electrons. The summed E-state index contributed by atoms with van der Waals surface area (Å²) in [4.78, 5) is 25.1. The molecule has 1 heterocycles. The zero-order valence-electron chi connectivity index (χ0n) is 14.7. The number of hydrogen-bond donors (Lipinski definition) is 3. The van der Waals surface area contributed by atoms with Crippen molar-refractivity contribution in [2.24, 2.45) is 0 Å². The van der Waals surface area contributed by atoms with E-state index >= 15 is 0 Å². The SMILES string of the molecule is O=c1ccn(-c2ccc(CNNc3cccc(OCC(F)F)c3)cc2)c(=O)[nH]1. The summed E-state index contributed by atoms with van der Waals surface area (Å²) in [6.07, 6.45) is -1.11. The first-order valence-corrected chi connectivity index (χ1v) is 8.42. The number of hydrazine groups is 1. The third-order valence-electron chi connectivity index (χ3n) is 3.77. The van der Waals surface area contributed by atoms with Crippen LogP contribution >= 0.6 is 0 Å². The minimum atomic E-state index is -2.52. The predicted molar refractivity (Wildman–Crippen MR) is 101 cm³/mol. The van der Waals surface area contributed by atoms with Crippen LogP contribution in [0.5, 0.6) is 5.75 Å². The van der Waals surface area contributed by atoms with Crippen molar-refractivity contribution in [2.75, 3.05) is 12.0 Å². The first-order chi connectivity index (χ1) is 13.5. The van der Waals surface area contributed by atoms with Gasteiger partial charge in [0.15, 0.2) is 0 Å². The number of nitrogens with zero attached hydrogens (tertiary/aromatic N) is 1. The van der Waals surface area contributed by atoms with Crippen molar-refractivity contribution in [2.45, 2.75) is 13.0 Å². The number of anilines is 1. The van der Waals surface area contributed by atoms with E-state index in [-0.39, 0.29) is 0 Å². The van der Waals surface area contributed by atoms with Crippen LogP contribution < -0.4 is 26.8 Å². The summed E-state index contributed by atoms with van der Waals surface area (Å²) in [7, 11) is 0. The third kappa shape index (κ3) is 5.27. The minimum absolute atomic E-state index is 0.350. The Balaban J connectivity index is 1.56. The average molecular weight is 388 g/mol. The van der Waals surface area contributed by atoms with Crippen molar-refractivity contribution in [1.82, 2.24) is 15.0 Å². The summed E-state index contributed by atoms with van der Waals surface area (Å²) in [5.74, 6) is 0.350. The Hall–Kier alpha value is -3.46. The lowest BCUT2D eigenvalue weighted by Gasteiger charge is -2.11. The summed E-state index contributed by atoms with van der Waals surface area (Å²) >= 11 is 0. The van der Waals surface area contributed by atoms with Gasteiger partial charge in [-0.05, 0) is 29.8 Å². The van der Waals surface area contributed by atoms with Gasteiger partial charge < -0.3 is 10.2 Å². The molecule has 0 radical (unpaired) electrons. The lowest BCUT2D eigenvalue weighted by atomic mass is 10.2. The maximum Gasteiger partial charge on any atom is 0.332 e. The zero-order valence-corrected chi connectivity index (χ0v) is 14.7. The van der Waals surface area contributed by atoms with E-state index in [9.17, 15) is 18.4 Å². The van der Waals surface area contributed by atoms with E-state index in [1.54, 1.807) is 36.4 Å². The largest absolute Gasteiger partial charge is 0.488 e. The van der Waals surface area contributed by atoms with Gasteiger partial charge in [0.25, 0.3) is 12.0 Å². The van der Waals surface area contributed by atoms with E-state index in [1.165, 1.54) is 16.8 Å². The molecule has 0 aliphatic carbocycles. The van der Waals surface area contributed by atoms with Crippen LogP contribution in [0, 0.1) is 0 Å². The fourth-order valence-corrected chi connectivity index (χ4v) is 2.47. The molecule has 0 atom stereocenters. The zero-order chi connectivity index (χ0) is 19.9. The number of alkyl halides is 2. The second-order valence-corrected chi connectivity index (χ2v) is 5.86. The molecule has 0 saturated carbocycles. The summed E-state index contributed by atoms with van der Waals surface area (Å²) in [5.41, 5.74) is 7.28. The second kappa shape index (κ2) is 8.96. The number of hydrogen-bond acceptors (Lipinski definition) is 5. The number of nitrogens with one attached hydrogen (secondary N) is 3. The highest BCUT2D eigenvalue weighted by atomic mass is 19.3. The number of benzene rings is 2. The summed E-state index contributed by atoms with van der Waals surface area (Å²) < 4.78 is 30.7. The molecule has 0 unspecified atom stereocenters. The van der Waals surface area contributed by atoms with Gasteiger partial charge in [-0.2, -0.15) is 0 Å². The normalized spacial score (nSPS) is 10.8. The van der Waals surface area contributed by atoms with Crippen LogP contribution in [-0.4, -0.2) is 22.6 Å². The third-order valence-corrected chi connectivity index (χ3v) is 3.77. The molecular formula is C19H18F2N4O3. The Morgan fingerprint density at radius 3 is 2.57 bits per heavy atom. The van der Waals surface area contributed by atoms with E-state index in [4.69, 9.17) is 4.74 Å². The molecule has 1 aromatic heterocycles. The van der Waals surface area contributed by atoms with Crippen LogP contribution in [0.25, 0.3) is 5.69 Å². The van der Waals surface area contributed by atoms with E-state index in [1.807, 2.05) is 12.1 Å². The molecule has 0 aliphatic heterocycles. The molecule has 0 saturated heterocycles. The van der Waals surface area contributed by atoms with Crippen molar-refractivity contribution < 1.29 is 13.5 Å². The molecule has 0 aliphatic rings. The van der Waals surface area contributed by atoms with Crippen LogP contribution in [0.1, 0.15) is 5.56 Å². The first kappa shape index (κ1) is 19.3. The van der Waals surface area contributed by atoms with E-state index in [2.05, 4.69) is 15.8 Å². The number of H-pyrrole nitrogens is 1.